The first-order valence-corrected chi connectivity index (χ1v) is 5.57. The molecule has 70 valence electrons. The largest absolute Gasteiger partial charge is 0.369 e. The molecule has 0 N–H and O–H groups in total. The maximum Gasteiger partial charge on any atom is 0.162 e. The number of hydrogen-bond donors (Lipinski definition) is 0. The minimum atomic E-state index is -0.119. The van der Waals surface area contributed by atoms with Gasteiger partial charge in [0.05, 0.1) is 6.61 Å². The molecule has 2 nitrogen and oxygen atoms in total. The number of rotatable bonds is 3. The first-order valence-electron chi connectivity index (χ1n) is 4.42. The molecule has 0 aliphatic carbocycles. The third-order valence-electron chi connectivity index (χ3n) is 1.78. The van der Waals surface area contributed by atoms with Gasteiger partial charge in [0.25, 0.3) is 0 Å². The van der Waals surface area contributed by atoms with Crippen LogP contribution < -0.4 is 0 Å². The van der Waals surface area contributed by atoms with E-state index in [2.05, 4.69) is 13.8 Å². The highest BCUT2D eigenvalue weighted by atomic mass is 32.2. The van der Waals surface area contributed by atoms with Gasteiger partial charge in [0.15, 0.2) is 5.78 Å². The van der Waals surface area contributed by atoms with Crippen molar-refractivity contribution in [2.75, 3.05) is 18.1 Å². The Morgan fingerprint density at radius 1 is 1.67 bits per heavy atom. The number of Topliss-reactive ketones (excluding diaryl/α,β-unsaturated/α-hetero) is 1. The normalized spacial score (nSPS) is 24.4. The van der Waals surface area contributed by atoms with Crippen molar-refractivity contribution in [2.45, 2.75) is 26.4 Å². The van der Waals surface area contributed by atoms with Crippen molar-refractivity contribution < 1.29 is 9.53 Å². The van der Waals surface area contributed by atoms with E-state index in [-0.39, 0.29) is 11.9 Å². The summed E-state index contributed by atoms with van der Waals surface area (Å²) >= 11 is 1.81. The van der Waals surface area contributed by atoms with Crippen molar-refractivity contribution in [1.29, 1.82) is 0 Å². The van der Waals surface area contributed by atoms with Crippen LogP contribution in [0.25, 0.3) is 0 Å². The summed E-state index contributed by atoms with van der Waals surface area (Å²) in [6.45, 7) is 4.86. The fourth-order valence-electron chi connectivity index (χ4n) is 1.21. The molecule has 1 rings (SSSR count). The average Bonchev–Trinajstić information content (AvgIpc) is 2.05. The fraction of sp³-hybridized carbons (Fsp3) is 0.889. The molecule has 0 aromatic rings. The van der Waals surface area contributed by atoms with Gasteiger partial charge >= 0.3 is 0 Å². The van der Waals surface area contributed by atoms with Gasteiger partial charge in [-0.15, -0.1) is 0 Å². The Morgan fingerprint density at radius 3 is 2.92 bits per heavy atom. The van der Waals surface area contributed by atoms with Crippen molar-refractivity contribution >= 4 is 17.5 Å². The summed E-state index contributed by atoms with van der Waals surface area (Å²) in [6.07, 6.45) is 0.539. The van der Waals surface area contributed by atoms with Crippen LogP contribution in [0.15, 0.2) is 0 Å². The van der Waals surface area contributed by atoms with Gasteiger partial charge in [-0.2, -0.15) is 11.8 Å². The molecule has 0 amide bonds. The molecule has 1 fully saturated rings. The van der Waals surface area contributed by atoms with E-state index in [4.69, 9.17) is 4.74 Å². The highest BCUT2D eigenvalue weighted by Gasteiger charge is 2.22. The van der Waals surface area contributed by atoms with Gasteiger partial charge in [0.1, 0.15) is 6.10 Å². The Bertz CT molecular complexity index is 151. The highest BCUT2D eigenvalue weighted by Crippen LogP contribution is 2.16. The van der Waals surface area contributed by atoms with Gasteiger partial charge in [0.2, 0.25) is 0 Å². The van der Waals surface area contributed by atoms with Crippen molar-refractivity contribution in [3.8, 4) is 0 Å². The van der Waals surface area contributed by atoms with Gasteiger partial charge in [-0.25, -0.2) is 0 Å². The van der Waals surface area contributed by atoms with E-state index in [1.54, 1.807) is 0 Å². The van der Waals surface area contributed by atoms with Gasteiger partial charge in [-0.05, 0) is 5.92 Å². The standard InChI is InChI=1S/C9H16O2S/c1-7(2)5-8(10)9-6-12-4-3-11-9/h7,9H,3-6H2,1-2H3. The predicted octanol–water partition coefficient (Wildman–Crippen LogP) is 1.73. The maximum atomic E-state index is 11.5. The third-order valence-corrected chi connectivity index (χ3v) is 2.78. The van der Waals surface area contributed by atoms with Crippen molar-refractivity contribution in [2.24, 2.45) is 5.92 Å². The molecule has 1 unspecified atom stereocenters. The molecule has 0 radical (unpaired) electrons. The zero-order valence-corrected chi connectivity index (χ0v) is 8.52. The first-order chi connectivity index (χ1) is 5.70. The lowest BCUT2D eigenvalue weighted by Crippen LogP contribution is -2.32. The van der Waals surface area contributed by atoms with E-state index >= 15 is 0 Å². The number of thioether (sulfide) groups is 1. The zero-order chi connectivity index (χ0) is 8.97. The van der Waals surface area contributed by atoms with Crippen LogP contribution in [0.3, 0.4) is 0 Å². The molecule has 1 aliphatic heterocycles. The number of ether oxygens (including phenoxy) is 1. The molecule has 3 heteroatoms. The first kappa shape index (κ1) is 10.1. The van der Waals surface area contributed by atoms with Crippen LogP contribution in [0, 0.1) is 5.92 Å². The fourth-order valence-corrected chi connectivity index (χ4v) is 2.08. The molecule has 0 aromatic heterocycles. The minimum Gasteiger partial charge on any atom is -0.369 e. The van der Waals surface area contributed by atoms with Crippen LogP contribution in [-0.4, -0.2) is 30.0 Å². The van der Waals surface area contributed by atoms with Crippen molar-refractivity contribution in [3.05, 3.63) is 0 Å². The maximum absolute atomic E-state index is 11.5. The lowest BCUT2D eigenvalue weighted by Gasteiger charge is -2.21. The molecule has 0 aromatic carbocycles. The van der Waals surface area contributed by atoms with Crippen LogP contribution in [0.1, 0.15) is 20.3 Å². The second-order valence-electron chi connectivity index (χ2n) is 3.50. The van der Waals surface area contributed by atoms with E-state index in [0.717, 1.165) is 18.1 Å². The quantitative estimate of drug-likeness (QED) is 0.674. The zero-order valence-electron chi connectivity index (χ0n) is 7.71. The molecule has 0 saturated carbocycles. The topological polar surface area (TPSA) is 26.3 Å². The Morgan fingerprint density at radius 2 is 2.42 bits per heavy atom. The molecule has 0 bridgehead atoms. The van der Waals surface area contributed by atoms with E-state index < -0.39 is 0 Å². The summed E-state index contributed by atoms with van der Waals surface area (Å²) in [6, 6.07) is 0. The summed E-state index contributed by atoms with van der Waals surface area (Å²) < 4.78 is 5.37. The molecule has 0 spiro atoms. The van der Waals surface area contributed by atoms with Gasteiger partial charge in [-0.1, -0.05) is 13.8 Å². The second-order valence-corrected chi connectivity index (χ2v) is 4.65. The molecule has 1 heterocycles. The summed E-state index contributed by atoms with van der Waals surface area (Å²) in [7, 11) is 0. The smallest absolute Gasteiger partial charge is 0.162 e. The summed E-state index contributed by atoms with van der Waals surface area (Å²) in [4.78, 5) is 11.5. The van der Waals surface area contributed by atoms with Gasteiger partial charge < -0.3 is 4.74 Å². The van der Waals surface area contributed by atoms with E-state index in [9.17, 15) is 4.79 Å². The second kappa shape index (κ2) is 4.87. The number of carbonyl (C=O) groups excluding carboxylic acids is 1. The Labute approximate surface area is 78.1 Å². The molecule has 12 heavy (non-hydrogen) atoms. The van der Waals surface area contributed by atoms with Crippen LogP contribution in [0.5, 0.6) is 0 Å². The van der Waals surface area contributed by atoms with Crippen LogP contribution >= 0.6 is 11.8 Å². The third kappa shape index (κ3) is 3.15. The van der Waals surface area contributed by atoms with Gasteiger partial charge in [0, 0.05) is 17.9 Å². The number of hydrogen-bond acceptors (Lipinski definition) is 3. The van der Waals surface area contributed by atoms with E-state index in [1.807, 2.05) is 11.8 Å². The monoisotopic (exact) mass is 188 g/mol. The molecule has 1 aliphatic rings. The number of ketones is 1. The van der Waals surface area contributed by atoms with Crippen molar-refractivity contribution in [1.82, 2.24) is 0 Å². The number of carbonyl (C=O) groups is 1. The SMILES string of the molecule is CC(C)CC(=O)C1CSCCO1. The lowest BCUT2D eigenvalue weighted by atomic mass is 10.0. The summed E-state index contributed by atoms with van der Waals surface area (Å²) in [5, 5.41) is 0. The molecule has 1 atom stereocenters. The Kier molecular flexibility index (Phi) is 4.09. The summed E-state index contributed by atoms with van der Waals surface area (Å²) in [5.74, 6) is 2.61. The summed E-state index contributed by atoms with van der Waals surface area (Å²) in [5.41, 5.74) is 0. The highest BCUT2D eigenvalue weighted by molar-refractivity contribution is 7.99. The molecule has 1 saturated heterocycles. The molecular formula is C9H16O2S. The Hall–Kier alpha value is -0.0200. The van der Waals surface area contributed by atoms with Crippen LogP contribution in [0.4, 0.5) is 0 Å². The average molecular weight is 188 g/mol. The minimum absolute atomic E-state index is 0.119. The van der Waals surface area contributed by atoms with Crippen molar-refractivity contribution in [3.63, 3.8) is 0 Å². The van der Waals surface area contributed by atoms with Crippen LogP contribution in [-0.2, 0) is 9.53 Å². The Balaban J connectivity index is 2.30. The molecular weight excluding hydrogens is 172 g/mol. The van der Waals surface area contributed by atoms with E-state index in [0.29, 0.717) is 12.3 Å². The van der Waals surface area contributed by atoms with Gasteiger partial charge in [-0.3, -0.25) is 4.79 Å². The van der Waals surface area contributed by atoms with Crippen LogP contribution in [0.2, 0.25) is 0 Å². The lowest BCUT2D eigenvalue weighted by molar-refractivity contribution is -0.129. The van der Waals surface area contributed by atoms with E-state index in [1.165, 1.54) is 0 Å². The predicted molar refractivity (Wildman–Crippen MR) is 51.5 cm³/mol.